The normalized spacial score (nSPS) is 16.2. The molecule has 1 aromatic rings. The summed E-state index contributed by atoms with van der Waals surface area (Å²) in [7, 11) is 1.84. The second-order valence-corrected chi connectivity index (χ2v) is 5.65. The number of hydrogen-bond donors (Lipinski definition) is 2. The molecule has 1 aliphatic rings. The van der Waals surface area contributed by atoms with E-state index in [1.54, 1.807) is 6.07 Å². The van der Waals surface area contributed by atoms with Crippen LogP contribution in [0.1, 0.15) is 25.3 Å². The summed E-state index contributed by atoms with van der Waals surface area (Å²) in [4.78, 5) is 0. The molecule has 1 aliphatic carbocycles. The minimum atomic E-state index is 0.444. The molecule has 0 aliphatic heterocycles. The van der Waals surface area contributed by atoms with Crippen LogP contribution >= 0.6 is 23.2 Å². The van der Waals surface area contributed by atoms with Gasteiger partial charge in [0.25, 0.3) is 0 Å². The summed E-state index contributed by atoms with van der Waals surface area (Å²) in [6, 6.07) is 4.06. The number of anilines is 1. The number of hydrogen-bond acceptors (Lipinski definition) is 2. The minimum Gasteiger partial charge on any atom is -0.386 e. The van der Waals surface area contributed by atoms with E-state index < -0.39 is 0 Å². The highest BCUT2D eigenvalue weighted by molar-refractivity contribution is 6.37. The Hall–Kier alpha value is -0.860. The molecule has 0 radical (unpaired) electrons. The zero-order valence-corrected chi connectivity index (χ0v) is 12.2. The summed E-state index contributed by atoms with van der Waals surface area (Å²) < 4.78 is 0. The Bertz CT molecular complexity index is 467. The lowest BCUT2D eigenvalue weighted by molar-refractivity contribution is 0.578. The molecule has 0 bridgehead atoms. The fourth-order valence-corrected chi connectivity index (χ4v) is 2.72. The van der Waals surface area contributed by atoms with Crippen molar-refractivity contribution in [2.24, 2.45) is 5.92 Å². The monoisotopic (exact) mass is 284 g/mol. The molecule has 0 amide bonds. The van der Waals surface area contributed by atoms with Crippen LogP contribution in [0.25, 0.3) is 5.70 Å². The zero-order chi connectivity index (χ0) is 13.3. The Morgan fingerprint density at radius 3 is 2.61 bits per heavy atom. The van der Waals surface area contributed by atoms with Gasteiger partial charge in [-0.25, -0.2) is 0 Å². The van der Waals surface area contributed by atoms with Gasteiger partial charge in [0.2, 0.25) is 0 Å². The molecule has 2 N–H and O–H groups in total. The van der Waals surface area contributed by atoms with Crippen molar-refractivity contribution in [1.82, 2.24) is 5.32 Å². The maximum atomic E-state index is 6.17. The smallest absolute Gasteiger partial charge is 0.0659 e. The molecule has 0 heterocycles. The molecule has 2 rings (SSSR count). The lowest BCUT2D eigenvalue weighted by Crippen LogP contribution is -2.26. The summed E-state index contributed by atoms with van der Waals surface area (Å²) in [5.74, 6) is 0.773. The van der Waals surface area contributed by atoms with Crippen LogP contribution in [0.15, 0.2) is 18.7 Å². The van der Waals surface area contributed by atoms with Crippen molar-refractivity contribution in [1.29, 1.82) is 0 Å². The van der Waals surface area contributed by atoms with E-state index in [4.69, 9.17) is 23.2 Å². The van der Waals surface area contributed by atoms with E-state index in [9.17, 15) is 0 Å². The van der Waals surface area contributed by atoms with Crippen molar-refractivity contribution in [2.45, 2.75) is 25.8 Å². The molecule has 1 unspecified atom stereocenters. The largest absolute Gasteiger partial charge is 0.386 e. The maximum Gasteiger partial charge on any atom is 0.0659 e. The van der Waals surface area contributed by atoms with Gasteiger partial charge in [-0.05, 0) is 37.8 Å². The molecular weight excluding hydrogens is 267 g/mol. The van der Waals surface area contributed by atoms with Crippen molar-refractivity contribution in [3.05, 3.63) is 34.3 Å². The van der Waals surface area contributed by atoms with E-state index in [0.29, 0.717) is 16.1 Å². The highest BCUT2D eigenvalue weighted by Gasteiger charge is 2.28. The second-order valence-electron chi connectivity index (χ2n) is 4.81. The Labute approximate surface area is 118 Å². The van der Waals surface area contributed by atoms with Gasteiger partial charge in [0, 0.05) is 29.4 Å². The summed E-state index contributed by atoms with van der Waals surface area (Å²) in [5, 5.41) is 7.77. The van der Waals surface area contributed by atoms with Crippen LogP contribution in [0.3, 0.4) is 0 Å². The van der Waals surface area contributed by atoms with Crippen LogP contribution in [0.2, 0.25) is 10.0 Å². The van der Waals surface area contributed by atoms with Crippen LogP contribution in [0, 0.1) is 5.92 Å². The summed E-state index contributed by atoms with van der Waals surface area (Å²) >= 11 is 12.2. The zero-order valence-electron chi connectivity index (χ0n) is 10.7. The minimum absolute atomic E-state index is 0.444. The first kappa shape index (κ1) is 13.6. The van der Waals surface area contributed by atoms with Crippen LogP contribution < -0.4 is 10.6 Å². The first-order chi connectivity index (χ1) is 8.52. The van der Waals surface area contributed by atoms with Crippen molar-refractivity contribution in [3.63, 3.8) is 0 Å². The fourth-order valence-electron chi connectivity index (χ4n) is 2.13. The molecule has 1 fully saturated rings. The summed E-state index contributed by atoms with van der Waals surface area (Å²) in [6.07, 6.45) is 2.60. The number of nitrogens with one attached hydrogen (secondary N) is 2. The van der Waals surface area contributed by atoms with Crippen LogP contribution in [0.5, 0.6) is 0 Å². The van der Waals surface area contributed by atoms with E-state index in [2.05, 4.69) is 24.1 Å². The lowest BCUT2D eigenvalue weighted by atomic mass is 10.1. The van der Waals surface area contributed by atoms with Gasteiger partial charge in [-0.15, -0.1) is 0 Å². The first-order valence-electron chi connectivity index (χ1n) is 6.15. The Morgan fingerprint density at radius 1 is 1.39 bits per heavy atom. The predicted octanol–water partition coefficient (Wildman–Crippen LogP) is 4.39. The van der Waals surface area contributed by atoms with Crippen molar-refractivity contribution < 1.29 is 0 Å². The molecule has 1 aromatic carbocycles. The molecule has 98 valence electrons. The average Bonchev–Trinajstić information content (AvgIpc) is 3.11. The van der Waals surface area contributed by atoms with E-state index in [-0.39, 0.29) is 0 Å². The third kappa shape index (κ3) is 2.93. The number of rotatable bonds is 5. The fraction of sp³-hybridized carbons (Fsp3) is 0.429. The third-order valence-electron chi connectivity index (χ3n) is 3.36. The van der Waals surface area contributed by atoms with Crippen molar-refractivity contribution in [3.8, 4) is 0 Å². The van der Waals surface area contributed by atoms with Gasteiger partial charge in [-0.3, -0.25) is 0 Å². The average molecular weight is 285 g/mol. The van der Waals surface area contributed by atoms with Crippen molar-refractivity contribution in [2.75, 3.05) is 12.4 Å². The molecule has 4 heteroatoms. The van der Waals surface area contributed by atoms with E-state index in [1.165, 1.54) is 12.8 Å². The summed E-state index contributed by atoms with van der Waals surface area (Å²) in [5.41, 5.74) is 2.66. The molecule has 0 aromatic heterocycles. The Morgan fingerprint density at radius 2 is 2.06 bits per heavy atom. The van der Waals surface area contributed by atoms with Gasteiger partial charge < -0.3 is 10.6 Å². The quantitative estimate of drug-likeness (QED) is 0.838. The molecule has 1 saturated carbocycles. The molecule has 1 atom stereocenters. The molecule has 18 heavy (non-hydrogen) atoms. The Kier molecular flexibility index (Phi) is 4.08. The number of benzene rings is 1. The topological polar surface area (TPSA) is 24.1 Å². The van der Waals surface area contributed by atoms with Crippen LogP contribution in [0.4, 0.5) is 5.69 Å². The van der Waals surface area contributed by atoms with Crippen LogP contribution in [-0.2, 0) is 0 Å². The highest BCUT2D eigenvalue weighted by atomic mass is 35.5. The molecular formula is C14H18Cl2N2. The van der Waals surface area contributed by atoms with E-state index in [0.717, 1.165) is 22.9 Å². The first-order valence-corrected chi connectivity index (χ1v) is 6.91. The van der Waals surface area contributed by atoms with E-state index in [1.807, 2.05) is 13.1 Å². The van der Waals surface area contributed by atoms with Gasteiger partial charge in [-0.2, -0.15) is 0 Å². The van der Waals surface area contributed by atoms with Gasteiger partial charge in [-0.1, -0.05) is 29.8 Å². The highest BCUT2D eigenvalue weighted by Crippen LogP contribution is 2.36. The predicted molar refractivity (Wildman–Crippen MR) is 80.4 cm³/mol. The molecule has 0 saturated heterocycles. The maximum absolute atomic E-state index is 6.17. The van der Waals surface area contributed by atoms with E-state index >= 15 is 0 Å². The number of halogens is 2. The third-order valence-corrected chi connectivity index (χ3v) is 3.88. The Balaban J connectivity index is 2.22. The van der Waals surface area contributed by atoms with Crippen molar-refractivity contribution >= 4 is 34.6 Å². The van der Waals surface area contributed by atoms with Gasteiger partial charge >= 0.3 is 0 Å². The summed E-state index contributed by atoms with van der Waals surface area (Å²) in [6.45, 7) is 6.29. The molecule has 0 spiro atoms. The second kappa shape index (κ2) is 5.41. The van der Waals surface area contributed by atoms with Gasteiger partial charge in [0.15, 0.2) is 0 Å². The van der Waals surface area contributed by atoms with Gasteiger partial charge in [0.1, 0.15) is 0 Å². The lowest BCUT2D eigenvalue weighted by Gasteiger charge is -2.20. The SMILES string of the molecule is C=C(NC(C)C1CC1)c1cc(Cl)cc(Cl)c1NC. The van der Waals surface area contributed by atoms with Gasteiger partial charge in [0.05, 0.1) is 10.7 Å². The van der Waals surface area contributed by atoms with Crippen LogP contribution in [-0.4, -0.2) is 13.1 Å². The molecule has 2 nitrogen and oxygen atoms in total. The standard InChI is InChI=1S/C14H18Cl2N2/c1-8(10-4-5-10)18-9(2)12-6-11(15)7-13(16)14(12)17-3/h6-8,10,17-18H,2,4-5H2,1,3H3.